The number of hydrogen-bond donors (Lipinski definition) is 0. The highest BCUT2D eigenvalue weighted by molar-refractivity contribution is 6.10. The molecule has 0 unspecified atom stereocenters. The van der Waals surface area contributed by atoms with E-state index in [2.05, 4.69) is 221 Å². The van der Waals surface area contributed by atoms with Gasteiger partial charge in [-0.15, -0.1) is 0 Å². The third-order valence-electron chi connectivity index (χ3n) is 10.2. The monoisotopic (exact) mass is 674 g/mol. The molecule has 0 fully saturated rings. The van der Waals surface area contributed by atoms with Crippen LogP contribution in [0, 0.1) is 0 Å². The van der Waals surface area contributed by atoms with E-state index in [1.165, 1.54) is 54.8 Å². The molecule has 8 rings (SSSR count). The van der Waals surface area contributed by atoms with Crippen LogP contribution in [0.25, 0.3) is 32.3 Å². The van der Waals surface area contributed by atoms with Gasteiger partial charge in [0, 0.05) is 33.5 Å². The molecule has 52 heavy (non-hydrogen) atoms. The van der Waals surface area contributed by atoms with Crippen molar-refractivity contribution in [2.24, 2.45) is 0 Å². The van der Waals surface area contributed by atoms with Gasteiger partial charge in [-0.3, -0.25) is 0 Å². The first-order chi connectivity index (χ1) is 25.1. The van der Waals surface area contributed by atoms with Crippen molar-refractivity contribution in [3.05, 3.63) is 181 Å². The maximum absolute atomic E-state index is 2.48. The van der Waals surface area contributed by atoms with Gasteiger partial charge in [-0.2, -0.15) is 0 Å². The molecule has 0 aliphatic rings. The van der Waals surface area contributed by atoms with Gasteiger partial charge < -0.3 is 9.80 Å². The molecule has 0 heterocycles. The lowest BCUT2D eigenvalue weighted by molar-refractivity contribution is 0.589. The van der Waals surface area contributed by atoms with E-state index in [1.807, 2.05) is 0 Å². The molecule has 0 aliphatic carbocycles. The maximum Gasteiger partial charge on any atom is 0.0578 e. The van der Waals surface area contributed by atoms with E-state index >= 15 is 0 Å². The number of rotatable bonds is 6. The second kappa shape index (κ2) is 13.0. The van der Waals surface area contributed by atoms with E-state index in [0.29, 0.717) is 0 Å². The zero-order chi connectivity index (χ0) is 36.0. The average molecular weight is 675 g/mol. The summed E-state index contributed by atoms with van der Waals surface area (Å²) in [5.74, 6) is 0. The standard InChI is InChI=1S/C50H46N2/c1-49(2,3)39-27-30-44-45(33-39)47(51(40-21-9-7-10-22-40)42-28-25-35-17-13-15-19-37(35)31-42)34-46(50(4,5)6)48(44)52(41-23-11-8-12-24-41)43-29-26-36-18-14-16-20-38(36)32-43/h7-34H,1-6H3. The molecule has 0 saturated carbocycles. The minimum atomic E-state index is -0.198. The molecular weight excluding hydrogens is 629 g/mol. The number of hydrogen-bond acceptors (Lipinski definition) is 2. The largest absolute Gasteiger partial charge is 0.310 e. The molecule has 0 spiro atoms. The van der Waals surface area contributed by atoms with Crippen LogP contribution in [0.4, 0.5) is 34.1 Å². The third kappa shape index (κ3) is 6.20. The molecule has 8 aromatic carbocycles. The summed E-state index contributed by atoms with van der Waals surface area (Å²) in [5.41, 5.74) is 9.25. The van der Waals surface area contributed by atoms with E-state index in [4.69, 9.17) is 0 Å². The minimum Gasteiger partial charge on any atom is -0.310 e. The maximum atomic E-state index is 2.48. The Kier molecular flexibility index (Phi) is 8.35. The van der Waals surface area contributed by atoms with Crippen LogP contribution in [0.1, 0.15) is 52.7 Å². The van der Waals surface area contributed by atoms with Crippen molar-refractivity contribution in [3.63, 3.8) is 0 Å². The van der Waals surface area contributed by atoms with Crippen LogP contribution in [-0.4, -0.2) is 0 Å². The Morgan fingerprint density at radius 3 is 1.35 bits per heavy atom. The van der Waals surface area contributed by atoms with Crippen molar-refractivity contribution < 1.29 is 0 Å². The van der Waals surface area contributed by atoms with Crippen LogP contribution in [0.5, 0.6) is 0 Å². The quantitative estimate of drug-likeness (QED) is 0.173. The number of nitrogens with zero attached hydrogens (tertiary/aromatic N) is 2. The molecule has 2 nitrogen and oxygen atoms in total. The highest BCUT2D eigenvalue weighted by atomic mass is 15.2. The highest BCUT2D eigenvalue weighted by Crippen LogP contribution is 2.51. The molecule has 0 radical (unpaired) electrons. The van der Waals surface area contributed by atoms with Crippen molar-refractivity contribution in [2.75, 3.05) is 9.80 Å². The molecule has 2 heteroatoms. The summed E-state index contributed by atoms with van der Waals surface area (Å²) in [4.78, 5) is 4.95. The topological polar surface area (TPSA) is 6.48 Å². The van der Waals surface area contributed by atoms with Gasteiger partial charge >= 0.3 is 0 Å². The van der Waals surface area contributed by atoms with Gasteiger partial charge in [-0.05, 0) is 104 Å². The molecule has 0 atom stereocenters. The zero-order valence-corrected chi connectivity index (χ0v) is 31.1. The number of para-hydroxylation sites is 2. The fourth-order valence-electron chi connectivity index (χ4n) is 7.47. The summed E-state index contributed by atoms with van der Waals surface area (Å²) in [6.45, 7) is 14.0. The lowest BCUT2D eigenvalue weighted by Gasteiger charge is -2.36. The predicted molar refractivity (Wildman–Crippen MR) is 226 cm³/mol. The lowest BCUT2D eigenvalue weighted by atomic mass is 9.80. The third-order valence-corrected chi connectivity index (χ3v) is 10.2. The van der Waals surface area contributed by atoms with Crippen molar-refractivity contribution in [1.82, 2.24) is 0 Å². The summed E-state index contributed by atoms with van der Waals surface area (Å²) in [6.07, 6.45) is 0. The second-order valence-corrected chi connectivity index (χ2v) is 16.0. The Hall–Kier alpha value is -5.86. The Bertz CT molecular complexity index is 2540. The van der Waals surface area contributed by atoms with Crippen molar-refractivity contribution in [1.29, 1.82) is 0 Å². The molecule has 0 aromatic heterocycles. The molecular formula is C50H46N2. The fraction of sp³-hybridized carbons (Fsp3) is 0.160. The summed E-state index contributed by atoms with van der Waals surface area (Å²) < 4.78 is 0. The summed E-state index contributed by atoms with van der Waals surface area (Å²) in [7, 11) is 0. The molecule has 8 aromatic rings. The van der Waals surface area contributed by atoms with Gasteiger partial charge in [-0.1, -0.05) is 151 Å². The first-order valence-corrected chi connectivity index (χ1v) is 18.4. The van der Waals surface area contributed by atoms with Crippen molar-refractivity contribution in [2.45, 2.75) is 52.4 Å². The highest BCUT2D eigenvalue weighted by Gasteiger charge is 2.30. The molecule has 0 N–H and O–H groups in total. The first-order valence-electron chi connectivity index (χ1n) is 18.4. The van der Waals surface area contributed by atoms with Gasteiger partial charge in [-0.25, -0.2) is 0 Å². The second-order valence-electron chi connectivity index (χ2n) is 16.0. The van der Waals surface area contributed by atoms with Gasteiger partial charge in [0.15, 0.2) is 0 Å². The van der Waals surface area contributed by atoms with Crippen LogP contribution in [0.3, 0.4) is 0 Å². The van der Waals surface area contributed by atoms with Gasteiger partial charge in [0.1, 0.15) is 0 Å². The molecule has 256 valence electrons. The van der Waals surface area contributed by atoms with Crippen LogP contribution in [-0.2, 0) is 10.8 Å². The Morgan fingerprint density at radius 2 is 0.827 bits per heavy atom. The van der Waals surface area contributed by atoms with E-state index in [9.17, 15) is 0 Å². The fourth-order valence-corrected chi connectivity index (χ4v) is 7.47. The van der Waals surface area contributed by atoms with Gasteiger partial charge in [0.05, 0.1) is 11.4 Å². The first kappa shape index (κ1) is 33.3. The van der Waals surface area contributed by atoms with E-state index in [0.717, 1.165) is 22.7 Å². The van der Waals surface area contributed by atoms with Crippen LogP contribution in [0.15, 0.2) is 170 Å². The summed E-state index contributed by atoms with van der Waals surface area (Å²) >= 11 is 0. The van der Waals surface area contributed by atoms with Gasteiger partial charge in [0.2, 0.25) is 0 Å². The smallest absolute Gasteiger partial charge is 0.0578 e. The Labute approximate surface area is 308 Å². The molecule has 0 aliphatic heterocycles. The van der Waals surface area contributed by atoms with E-state index in [-0.39, 0.29) is 10.8 Å². The summed E-state index contributed by atoms with van der Waals surface area (Å²) in [6, 6.07) is 62.3. The number of anilines is 6. The average Bonchev–Trinajstić information content (AvgIpc) is 3.15. The molecule has 0 amide bonds. The normalized spacial score (nSPS) is 12.0. The lowest BCUT2D eigenvalue weighted by Crippen LogP contribution is -2.21. The molecule has 0 saturated heterocycles. The van der Waals surface area contributed by atoms with Crippen molar-refractivity contribution >= 4 is 66.4 Å². The minimum absolute atomic E-state index is 0.0354. The predicted octanol–water partition coefficient (Wildman–Crippen LogP) is 14.7. The number of benzene rings is 8. The van der Waals surface area contributed by atoms with Gasteiger partial charge in [0.25, 0.3) is 0 Å². The van der Waals surface area contributed by atoms with Crippen LogP contribution >= 0.6 is 0 Å². The number of fused-ring (bicyclic) bond motifs is 3. The Morgan fingerprint density at radius 1 is 0.346 bits per heavy atom. The van der Waals surface area contributed by atoms with Crippen LogP contribution < -0.4 is 9.80 Å². The van der Waals surface area contributed by atoms with Crippen LogP contribution in [0.2, 0.25) is 0 Å². The zero-order valence-electron chi connectivity index (χ0n) is 31.1. The van der Waals surface area contributed by atoms with Crippen molar-refractivity contribution in [3.8, 4) is 0 Å². The van der Waals surface area contributed by atoms with E-state index < -0.39 is 0 Å². The SMILES string of the molecule is CC(C)(C)c1ccc2c(N(c3ccccc3)c3ccc4ccccc4c3)c(C(C)(C)C)cc(N(c3ccccc3)c3ccc4ccccc4c3)c2c1. The summed E-state index contributed by atoms with van der Waals surface area (Å²) in [5, 5.41) is 7.35. The Balaban J connectivity index is 1.50. The molecule has 0 bridgehead atoms. The van der Waals surface area contributed by atoms with E-state index in [1.54, 1.807) is 0 Å².